The van der Waals surface area contributed by atoms with E-state index in [1.165, 1.54) is 52.6 Å². The predicted molar refractivity (Wildman–Crippen MR) is 167 cm³/mol. The second kappa shape index (κ2) is 12.9. The Kier molecular flexibility index (Phi) is 9.04. The molecule has 0 spiro atoms. The summed E-state index contributed by atoms with van der Waals surface area (Å²) in [6.07, 6.45) is -1.78. The van der Waals surface area contributed by atoms with E-state index in [4.69, 9.17) is 0 Å². The maximum absolute atomic E-state index is 12.7. The number of amides is 2. The molecule has 2 heterocycles. The van der Waals surface area contributed by atoms with E-state index in [0.29, 0.717) is 22.6 Å². The highest BCUT2D eigenvalue weighted by molar-refractivity contribution is 8.14. The third kappa shape index (κ3) is 7.46. The van der Waals surface area contributed by atoms with Crippen molar-refractivity contribution in [3.8, 4) is 22.8 Å². The molecule has 1 fully saturated rings. The molecule has 1 unspecified atom stereocenters. The Morgan fingerprint density at radius 2 is 1.84 bits per heavy atom. The number of thioether (sulfide) groups is 1. The third-order valence-corrected chi connectivity index (χ3v) is 7.93. The average Bonchev–Trinajstić information content (AvgIpc) is 3.60. The van der Waals surface area contributed by atoms with Crippen molar-refractivity contribution >= 4 is 34.9 Å². The zero-order chi connectivity index (χ0) is 31.4. The lowest BCUT2D eigenvalue weighted by atomic mass is 9.98. The summed E-state index contributed by atoms with van der Waals surface area (Å²) in [4.78, 5) is 23.4. The van der Waals surface area contributed by atoms with Crippen LogP contribution in [0.1, 0.15) is 43.4 Å². The normalized spacial score (nSPS) is 16.3. The van der Waals surface area contributed by atoms with E-state index < -0.39 is 12.4 Å². The minimum atomic E-state index is -4.76. The Morgan fingerprint density at radius 1 is 1.11 bits per heavy atom. The summed E-state index contributed by atoms with van der Waals surface area (Å²) in [6.45, 7) is 8.50. The molecule has 0 bridgehead atoms. The third-order valence-electron chi connectivity index (χ3n) is 6.73. The number of benzene rings is 3. The lowest BCUT2D eigenvalue weighted by Gasteiger charge is -2.27. The monoisotopic (exact) mass is 621 g/mol. The van der Waals surface area contributed by atoms with Crippen LogP contribution in [0.5, 0.6) is 5.75 Å². The van der Waals surface area contributed by atoms with Crippen molar-refractivity contribution in [2.75, 3.05) is 10.7 Å². The minimum Gasteiger partial charge on any atom is -0.406 e. The van der Waals surface area contributed by atoms with Gasteiger partial charge in [0, 0.05) is 23.0 Å². The number of anilines is 1. The molecule has 4 aromatic rings. The lowest BCUT2D eigenvalue weighted by Crippen LogP contribution is -2.33. The summed E-state index contributed by atoms with van der Waals surface area (Å²) in [5.74, 6) is 1.25. The topological polar surface area (TPSA) is 97.0 Å². The summed E-state index contributed by atoms with van der Waals surface area (Å²) in [5.41, 5.74) is 7.91. The highest BCUT2D eigenvalue weighted by atomic mass is 32.2. The molecule has 5 rings (SSSR count). The number of rotatable bonds is 7. The van der Waals surface area contributed by atoms with E-state index in [0.717, 1.165) is 22.6 Å². The summed E-state index contributed by atoms with van der Waals surface area (Å²) in [6, 6.07) is 18.5. The van der Waals surface area contributed by atoms with Gasteiger partial charge < -0.3 is 9.64 Å². The number of aryl methyl sites for hydroxylation is 1. The Labute approximate surface area is 256 Å². The maximum atomic E-state index is 12.7. The number of carbonyl (C=O) groups excluding carboxylic acids is 1. The number of ether oxygens (including phenoxy) is 1. The molecule has 0 aliphatic carbocycles. The van der Waals surface area contributed by atoms with Crippen LogP contribution >= 0.6 is 11.8 Å². The number of aliphatic imine (C=N–C) groups is 1. The minimum absolute atomic E-state index is 0.188. The highest BCUT2D eigenvalue weighted by Crippen LogP contribution is 2.36. The first-order valence-corrected chi connectivity index (χ1v) is 14.8. The molecule has 13 heteroatoms. The standard InChI is InChI=1S/C31H30F3N7O2S/c1-19(2)26-15-20(3)5-14-27(26)41-21(4)17-44-30(41)37-29(42)38-36-16-22-6-8-23(9-7-22)28-35-18-40(39-28)24-10-12-25(13-11-24)43-31(32,33)34/h5-16,18-19,21H,17H2,1-4H3,(H,38,42)/b36-16+,37-30-. The molecule has 0 radical (unpaired) electrons. The fourth-order valence-electron chi connectivity index (χ4n) is 4.62. The molecule has 0 saturated carbocycles. The molecule has 1 atom stereocenters. The first-order valence-electron chi connectivity index (χ1n) is 13.8. The van der Waals surface area contributed by atoms with Crippen LogP contribution in [0.2, 0.25) is 0 Å². The van der Waals surface area contributed by atoms with Gasteiger partial charge >= 0.3 is 12.4 Å². The molecule has 1 aliphatic heterocycles. The molecule has 1 N–H and O–H groups in total. The number of halogens is 3. The van der Waals surface area contributed by atoms with Gasteiger partial charge in [0.2, 0.25) is 0 Å². The average molecular weight is 622 g/mol. The van der Waals surface area contributed by atoms with Crippen LogP contribution in [0.25, 0.3) is 17.1 Å². The van der Waals surface area contributed by atoms with Crippen LogP contribution in [-0.2, 0) is 0 Å². The van der Waals surface area contributed by atoms with E-state index in [1.54, 1.807) is 36.0 Å². The van der Waals surface area contributed by atoms with Crippen molar-refractivity contribution in [2.24, 2.45) is 10.1 Å². The summed E-state index contributed by atoms with van der Waals surface area (Å²) in [7, 11) is 0. The Hall–Kier alpha value is -4.65. The first kappa shape index (κ1) is 30.8. The van der Waals surface area contributed by atoms with Gasteiger partial charge in [-0.2, -0.15) is 10.1 Å². The number of hydrogen-bond acceptors (Lipinski definition) is 6. The van der Waals surface area contributed by atoms with Crippen molar-refractivity contribution < 1.29 is 22.7 Å². The zero-order valence-corrected chi connectivity index (χ0v) is 25.2. The van der Waals surface area contributed by atoms with Crippen LogP contribution in [0, 0.1) is 6.92 Å². The highest BCUT2D eigenvalue weighted by Gasteiger charge is 2.32. The molecule has 44 heavy (non-hydrogen) atoms. The summed E-state index contributed by atoms with van der Waals surface area (Å²) >= 11 is 1.54. The number of nitrogens with one attached hydrogen (secondary N) is 1. The van der Waals surface area contributed by atoms with Crippen molar-refractivity contribution in [3.63, 3.8) is 0 Å². The van der Waals surface area contributed by atoms with Crippen LogP contribution in [-0.4, -0.2) is 50.3 Å². The zero-order valence-electron chi connectivity index (χ0n) is 24.4. The van der Waals surface area contributed by atoms with Crippen molar-refractivity contribution in [2.45, 2.75) is 46.0 Å². The number of hydrogen-bond donors (Lipinski definition) is 1. The number of aromatic nitrogens is 3. The molecule has 2 amide bonds. The van der Waals surface area contributed by atoms with Crippen molar-refractivity contribution in [1.82, 2.24) is 20.2 Å². The molecule has 1 saturated heterocycles. The molecule has 1 aliphatic rings. The second-order valence-electron chi connectivity index (χ2n) is 10.5. The van der Waals surface area contributed by atoms with Crippen molar-refractivity contribution in [1.29, 1.82) is 0 Å². The van der Waals surface area contributed by atoms with E-state index >= 15 is 0 Å². The van der Waals surface area contributed by atoms with E-state index in [-0.39, 0.29) is 11.8 Å². The number of carbonyl (C=O) groups is 1. The summed E-state index contributed by atoms with van der Waals surface area (Å²) in [5, 5.41) is 9.10. The fourth-order valence-corrected chi connectivity index (χ4v) is 5.73. The van der Waals surface area contributed by atoms with Crippen LogP contribution in [0.15, 0.2) is 83.2 Å². The summed E-state index contributed by atoms with van der Waals surface area (Å²) < 4.78 is 42.5. The van der Waals surface area contributed by atoms with Crippen LogP contribution in [0.3, 0.4) is 0 Å². The molecule has 9 nitrogen and oxygen atoms in total. The maximum Gasteiger partial charge on any atom is 0.573 e. The molecule has 1 aromatic heterocycles. The fraction of sp³-hybridized carbons (Fsp3) is 0.258. The van der Waals surface area contributed by atoms with Crippen LogP contribution in [0.4, 0.5) is 23.7 Å². The van der Waals surface area contributed by atoms with E-state index in [2.05, 4.69) is 81.1 Å². The quantitative estimate of drug-likeness (QED) is 0.172. The number of hydrazone groups is 1. The van der Waals surface area contributed by atoms with Gasteiger partial charge in [-0.05, 0) is 61.2 Å². The van der Waals surface area contributed by atoms with Gasteiger partial charge in [0.1, 0.15) is 12.1 Å². The van der Waals surface area contributed by atoms with Gasteiger partial charge in [-0.25, -0.2) is 19.9 Å². The number of amidine groups is 1. The lowest BCUT2D eigenvalue weighted by molar-refractivity contribution is -0.274. The molecular weight excluding hydrogens is 591 g/mol. The van der Waals surface area contributed by atoms with Gasteiger partial charge in [0.25, 0.3) is 0 Å². The Bertz CT molecular complexity index is 1680. The van der Waals surface area contributed by atoms with Gasteiger partial charge in [-0.3, -0.25) is 0 Å². The largest absolute Gasteiger partial charge is 0.573 e. The SMILES string of the molecule is Cc1ccc(N2/C(=N/C(=O)N/N=C/c3ccc(-c4ncn(-c5ccc(OC(F)(F)F)cc5)n4)cc3)SCC2C)c(C(C)C)c1. The Balaban J connectivity index is 1.21. The van der Waals surface area contributed by atoms with E-state index in [9.17, 15) is 18.0 Å². The van der Waals surface area contributed by atoms with E-state index in [1.807, 2.05) is 0 Å². The van der Waals surface area contributed by atoms with Gasteiger partial charge in [-0.1, -0.05) is 67.6 Å². The van der Waals surface area contributed by atoms with Crippen LogP contribution < -0.4 is 15.1 Å². The number of urea groups is 1. The number of alkyl halides is 3. The first-order chi connectivity index (χ1) is 21.0. The van der Waals surface area contributed by atoms with Gasteiger partial charge in [0.15, 0.2) is 11.0 Å². The second-order valence-corrected chi connectivity index (χ2v) is 11.5. The predicted octanol–water partition coefficient (Wildman–Crippen LogP) is 7.31. The molecule has 3 aromatic carbocycles. The molecule has 228 valence electrons. The van der Waals surface area contributed by atoms with Gasteiger partial charge in [0.05, 0.1) is 11.9 Å². The molecular formula is C31H30F3N7O2S. The van der Waals surface area contributed by atoms with Gasteiger partial charge in [-0.15, -0.1) is 18.3 Å². The smallest absolute Gasteiger partial charge is 0.406 e. The Morgan fingerprint density at radius 3 is 2.52 bits per heavy atom. The number of nitrogens with zero attached hydrogens (tertiary/aromatic N) is 6. The van der Waals surface area contributed by atoms with Crippen molar-refractivity contribution in [3.05, 3.63) is 89.7 Å².